The number of fused-ring (bicyclic) bond motifs is 2. The topological polar surface area (TPSA) is 35.8 Å². The number of nitrogens with one attached hydrogen (secondary N) is 1. The smallest absolute Gasteiger partial charge is 0.0641 e. The third-order valence-corrected chi connectivity index (χ3v) is 2.87. The fourth-order valence-electron chi connectivity index (χ4n) is 2.27. The summed E-state index contributed by atoms with van der Waals surface area (Å²) in [6.07, 6.45) is 5.75. The van der Waals surface area contributed by atoms with Gasteiger partial charge < -0.3 is 5.32 Å². The lowest BCUT2D eigenvalue weighted by Gasteiger charge is -2.21. The summed E-state index contributed by atoms with van der Waals surface area (Å²) in [5.74, 6) is 0. The molecule has 0 aliphatic carbocycles. The maximum absolute atomic E-state index is 8.55. The van der Waals surface area contributed by atoms with Crippen LogP contribution >= 0.6 is 0 Å². The molecule has 2 aliphatic heterocycles. The molecule has 0 aromatic heterocycles. The van der Waals surface area contributed by atoms with Crippen LogP contribution in [0.4, 0.5) is 0 Å². The highest BCUT2D eigenvalue weighted by atomic mass is 15.1. The molecule has 0 amide bonds. The third-order valence-electron chi connectivity index (χ3n) is 2.87. The number of rotatable bonds is 1. The van der Waals surface area contributed by atoms with Crippen LogP contribution in [0.15, 0.2) is 0 Å². The Labute approximate surface area is 61.2 Å². The fraction of sp³-hybridized carbons (Fsp3) is 0.875. The largest absolute Gasteiger partial charge is 0.307 e. The first-order valence-electron chi connectivity index (χ1n) is 3.99. The van der Waals surface area contributed by atoms with Crippen molar-refractivity contribution in [3.63, 3.8) is 0 Å². The van der Waals surface area contributed by atoms with Crippen molar-refractivity contribution in [2.24, 2.45) is 0 Å². The summed E-state index contributed by atoms with van der Waals surface area (Å²) in [4.78, 5) is 0. The predicted octanol–water partition coefficient (Wildman–Crippen LogP) is 1.18. The van der Waals surface area contributed by atoms with E-state index in [4.69, 9.17) is 5.26 Å². The van der Waals surface area contributed by atoms with E-state index >= 15 is 0 Å². The van der Waals surface area contributed by atoms with Crippen LogP contribution in [0.25, 0.3) is 0 Å². The maximum Gasteiger partial charge on any atom is 0.0641 e. The summed E-state index contributed by atoms with van der Waals surface area (Å²) in [5.41, 5.74) is 0.249. The highest BCUT2D eigenvalue weighted by Crippen LogP contribution is 2.39. The number of nitrogens with zero attached hydrogens (tertiary/aromatic N) is 1. The molecule has 2 fully saturated rings. The molecule has 2 rings (SSSR count). The quantitative estimate of drug-likeness (QED) is 0.587. The highest BCUT2D eigenvalue weighted by molar-refractivity contribution is 5.07. The summed E-state index contributed by atoms with van der Waals surface area (Å²) in [5, 5.41) is 12.1. The van der Waals surface area contributed by atoms with Crippen molar-refractivity contribution < 1.29 is 0 Å². The van der Waals surface area contributed by atoms with Crippen molar-refractivity contribution in [1.29, 1.82) is 5.26 Å². The average molecular weight is 136 g/mol. The van der Waals surface area contributed by atoms with Gasteiger partial charge in [-0.15, -0.1) is 0 Å². The molecule has 0 saturated carbocycles. The second kappa shape index (κ2) is 1.96. The highest BCUT2D eigenvalue weighted by Gasteiger charge is 2.43. The minimum atomic E-state index is 0.249. The Bertz CT molecular complexity index is 172. The molecule has 2 nitrogen and oxygen atoms in total. The Morgan fingerprint density at radius 2 is 2.20 bits per heavy atom. The monoisotopic (exact) mass is 136 g/mol. The van der Waals surface area contributed by atoms with Crippen molar-refractivity contribution in [2.45, 2.75) is 43.7 Å². The molecule has 0 aromatic carbocycles. The SMILES string of the molecule is N#CCC12CCC(CC1)N2. The van der Waals surface area contributed by atoms with Gasteiger partial charge >= 0.3 is 0 Å². The van der Waals surface area contributed by atoms with E-state index in [0.29, 0.717) is 6.42 Å². The summed E-state index contributed by atoms with van der Waals surface area (Å²) in [6.45, 7) is 0. The molecule has 54 valence electrons. The lowest BCUT2D eigenvalue weighted by atomic mass is 9.86. The zero-order chi connectivity index (χ0) is 7.03. The van der Waals surface area contributed by atoms with Gasteiger partial charge in [-0.1, -0.05) is 0 Å². The Morgan fingerprint density at radius 1 is 1.50 bits per heavy atom. The van der Waals surface area contributed by atoms with Crippen LogP contribution in [0.1, 0.15) is 32.1 Å². The van der Waals surface area contributed by atoms with E-state index in [1.807, 2.05) is 0 Å². The van der Waals surface area contributed by atoms with Gasteiger partial charge in [-0.2, -0.15) is 5.26 Å². The van der Waals surface area contributed by atoms with E-state index in [0.717, 1.165) is 6.04 Å². The molecule has 0 radical (unpaired) electrons. The molecular weight excluding hydrogens is 124 g/mol. The summed E-state index contributed by atoms with van der Waals surface area (Å²) in [6, 6.07) is 3.01. The zero-order valence-corrected chi connectivity index (χ0v) is 6.06. The Balaban J connectivity index is 2.10. The van der Waals surface area contributed by atoms with Crippen LogP contribution in [-0.4, -0.2) is 11.6 Å². The lowest BCUT2D eigenvalue weighted by Crippen LogP contribution is -2.35. The van der Waals surface area contributed by atoms with Gasteiger partial charge in [0.2, 0.25) is 0 Å². The van der Waals surface area contributed by atoms with E-state index in [1.165, 1.54) is 25.7 Å². The average Bonchev–Trinajstić information content (AvgIpc) is 2.46. The Morgan fingerprint density at radius 3 is 2.60 bits per heavy atom. The first kappa shape index (κ1) is 6.18. The molecule has 2 bridgehead atoms. The van der Waals surface area contributed by atoms with Gasteiger partial charge in [0.1, 0.15) is 0 Å². The predicted molar refractivity (Wildman–Crippen MR) is 38.4 cm³/mol. The van der Waals surface area contributed by atoms with E-state index in [1.54, 1.807) is 0 Å². The second-order valence-electron chi connectivity index (χ2n) is 3.53. The summed E-state index contributed by atoms with van der Waals surface area (Å²) < 4.78 is 0. The van der Waals surface area contributed by atoms with Gasteiger partial charge in [-0.05, 0) is 25.7 Å². The maximum atomic E-state index is 8.55. The van der Waals surface area contributed by atoms with Gasteiger partial charge in [0, 0.05) is 11.6 Å². The molecule has 2 heterocycles. The molecule has 2 saturated heterocycles. The van der Waals surface area contributed by atoms with Crippen molar-refractivity contribution in [3.8, 4) is 6.07 Å². The normalized spacial score (nSPS) is 43.7. The van der Waals surface area contributed by atoms with Crippen LogP contribution in [0, 0.1) is 11.3 Å². The van der Waals surface area contributed by atoms with Crippen LogP contribution in [-0.2, 0) is 0 Å². The molecular formula is C8H12N2. The van der Waals surface area contributed by atoms with Crippen molar-refractivity contribution in [3.05, 3.63) is 0 Å². The van der Waals surface area contributed by atoms with E-state index in [9.17, 15) is 0 Å². The van der Waals surface area contributed by atoms with Crippen LogP contribution in [0.2, 0.25) is 0 Å². The van der Waals surface area contributed by atoms with Crippen LogP contribution in [0.5, 0.6) is 0 Å². The standard InChI is InChI=1S/C8H12N2/c9-6-5-8-3-1-7(10-8)2-4-8/h7,10H,1-5H2. The van der Waals surface area contributed by atoms with Gasteiger partial charge in [0.25, 0.3) is 0 Å². The van der Waals surface area contributed by atoms with Gasteiger partial charge in [-0.25, -0.2) is 0 Å². The lowest BCUT2D eigenvalue weighted by molar-refractivity contribution is 0.394. The fourth-order valence-corrected chi connectivity index (χ4v) is 2.27. The molecule has 2 aliphatic rings. The second-order valence-corrected chi connectivity index (χ2v) is 3.53. The number of nitriles is 1. The van der Waals surface area contributed by atoms with Gasteiger partial charge in [0.15, 0.2) is 0 Å². The molecule has 2 heteroatoms. The summed E-state index contributed by atoms with van der Waals surface area (Å²) >= 11 is 0. The molecule has 10 heavy (non-hydrogen) atoms. The Kier molecular flexibility index (Phi) is 1.21. The molecule has 1 N–H and O–H groups in total. The van der Waals surface area contributed by atoms with E-state index in [-0.39, 0.29) is 5.54 Å². The van der Waals surface area contributed by atoms with Crippen LogP contribution in [0.3, 0.4) is 0 Å². The number of hydrogen-bond acceptors (Lipinski definition) is 2. The molecule has 0 unspecified atom stereocenters. The number of hydrogen-bond donors (Lipinski definition) is 1. The van der Waals surface area contributed by atoms with Gasteiger partial charge in [0.05, 0.1) is 12.5 Å². The Hall–Kier alpha value is -0.550. The first-order valence-corrected chi connectivity index (χ1v) is 3.99. The van der Waals surface area contributed by atoms with Crippen molar-refractivity contribution in [2.75, 3.05) is 0 Å². The zero-order valence-electron chi connectivity index (χ0n) is 6.06. The van der Waals surface area contributed by atoms with E-state index in [2.05, 4.69) is 11.4 Å². The molecule has 0 aromatic rings. The first-order chi connectivity index (χ1) is 4.85. The van der Waals surface area contributed by atoms with Gasteiger partial charge in [-0.3, -0.25) is 0 Å². The molecule has 0 atom stereocenters. The summed E-state index contributed by atoms with van der Waals surface area (Å²) in [7, 11) is 0. The minimum Gasteiger partial charge on any atom is -0.307 e. The van der Waals surface area contributed by atoms with Crippen LogP contribution < -0.4 is 5.32 Å². The molecule has 0 spiro atoms. The van der Waals surface area contributed by atoms with Crippen molar-refractivity contribution in [1.82, 2.24) is 5.32 Å². The van der Waals surface area contributed by atoms with Crippen molar-refractivity contribution >= 4 is 0 Å². The van der Waals surface area contributed by atoms with E-state index < -0.39 is 0 Å². The third kappa shape index (κ3) is 0.741. The minimum absolute atomic E-state index is 0.249.